The van der Waals surface area contributed by atoms with Gasteiger partial charge in [0.05, 0.1) is 12.7 Å². The number of rotatable bonds is 8. The van der Waals surface area contributed by atoms with Gasteiger partial charge in [0.2, 0.25) is 0 Å². The average Bonchev–Trinajstić information content (AvgIpc) is 2.69. The van der Waals surface area contributed by atoms with Gasteiger partial charge in [-0.05, 0) is 87.9 Å². The van der Waals surface area contributed by atoms with E-state index in [9.17, 15) is 15.2 Å². The summed E-state index contributed by atoms with van der Waals surface area (Å²) in [4.78, 5) is 16.5. The molecule has 0 aromatic carbocycles. The molecular formula is C25H44O5. The monoisotopic (exact) mass is 424 g/mol. The lowest BCUT2D eigenvalue weighted by atomic mass is 9.44. The highest BCUT2D eigenvalue weighted by atomic mass is 17.1. The first-order valence-electron chi connectivity index (χ1n) is 11.7. The number of aliphatic hydroxyl groups is 1. The summed E-state index contributed by atoms with van der Waals surface area (Å²) in [5, 5.41) is 21.8. The van der Waals surface area contributed by atoms with Crippen molar-refractivity contribution in [2.24, 2.45) is 22.7 Å². The molecule has 5 nitrogen and oxygen atoms in total. The van der Waals surface area contributed by atoms with E-state index in [-0.39, 0.29) is 22.7 Å². The van der Waals surface area contributed by atoms with Crippen LogP contribution in [-0.4, -0.2) is 34.6 Å². The van der Waals surface area contributed by atoms with E-state index < -0.39 is 11.2 Å². The topological polar surface area (TPSA) is 76.0 Å². The SMILES string of the molecule is COC(=O)/C(C)=C/CCC(C)(CC[C@@]1(O)[C@H](C)CC[C@H]2C(C)(C)CCC[C@@]21C)OO. The van der Waals surface area contributed by atoms with Crippen LogP contribution in [0.2, 0.25) is 0 Å². The van der Waals surface area contributed by atoms with Gasteiger partial charge in [-0.25, -0.2) is 9.68 Å². The maximum atomic E-state index is 12.1. The number of hydrogen-bond acceptors (Lipinski definition) is 5. The van der Waals surface area contributed by atoms with E-state index in [0.29, 0.717) is 37.2 Å². The zero-order valence-electron chi connectivity index (χ0n) is 20.2. The van der Waals surface area contributed by atoms with Gasteiger partial charge in [-0.2, -0.15) is 0 Å². The molecule has 0 aromatic rings. The number of fused-ring (bicyclic) bond motifs is 1. The molecule has 2 fully saturated rings. The number of allylic oxidation sites excluding steroid dienone is 1. The standard InChI is InChI=1S/C25H44O5/c1-18(21(26)29-7)10-8-14-23(5,30-28)16-17-25(27)19(2)11-12-20-22(3,4)13-9-15-24(20,25)6/h10,19-20,27-28H,8-9,11-17H2,1-7H3/b18-10+/t19-,20+,23?,24+,25-/m1/s1. The van der Waals surface area contributed by atoms with Crippen LogP contribution in [0.4, 0.5) is 0 Å². The molecule has 5 heteroatoms. The first-order valence-corrected chi connectivity index (χ1v) is 11.7. The van der Waals surface area contributed by atoms with Crippen molar-refractivity contribution < 1.29 is 24.8 Å². The lowest BCUT2D eigenvalue weighted by molar-refractivity contribution is -0.325. The predicted molar refractivity (Wildman–Crippen MR) is 119 cm³/mol. The van der Waals surface area contributed by atoms with Crippen LogP contribution in [0.1, 0.15) is 99.3 Å². The molecule has 2 N–H and O–H groups in total. The van der Waals surface area contributed by atoms with Crippen LogP contribution in [0.25, 0.3) is 0 Å². The Bertz CT molecular complexity index is 641. The fraction of sp³-hybridized carbons (Fsp3) is 0.880. The van der Waals surface area contributed by atoms with Crippen molar-refractivity contribution in [2.75, 3.05) is 7.11 Å². The minimum atomic E-state index is -0.773. The Balaban J connectivity index is 2.14. The summed E-state index contributed by atoms with van der Waals surface area (Å²) in [5.74, 6) is 0.384. The fourth-order valence-corrected chi connectivity index (χ4v) is 6.61. The third kappa shape index (κ3) is 4.78. The van der Waals surface area contributed by atoms with E-state index in [4.69, 9.17) is 9.62 Å². The number of carbonyl (C=O) groups is 1. The van der Waals surface area contributed by atoms with Crippen molar-refractivity contribution >= 4 is 5.97 Å². The Hall–Kier alpha value is -0.910. The van der Waals surface area contributed by atoms with Crippen molar-refractivity contribution in [3.05, 3.63) is 11.6 Å². The zero-order valence-corrected chi connectivity index (χ0v) is 20.2. The van der Waals surface area contributed by atoms with Gasteiger partial charge in [0.1, 0.15) is 5.60 Å². The van der Waals surface area contributed by atoms with Crippen LogP contribution in [0.5, 0.6) is 0 Å². The molecule has 0 bridgehead atoms. The largest absolute Gasteiger partial charge is 0.466 e. The van der Waals surface area contributed by atoms with E-state index >= 15 is 0 Å². The van der Waals surface area contributed by atoms with Crippen LogP contribution < -0.4 is 0 Å². The average molecular weight is 425 g/mol. The van der Waals surface area contributed by atoms with Gasteiger partial charge >= 0.3 is 5.97 Å². The number of ether oxygens (including phenoxy) is 1. The molecule has 5 atom stereocenters. The van der Waals surface area contributed by atoms with E-state index in [1.807, 2.05) is 13.0 Å². The summed E-state index contributed by atoms with van der Waals surface area (Å²) in [6.07, 6.45) is 9.80. The Morgan fingerprint density at radius 3 is 2.47 bits per heavy atom. The maximum Gasteiger partial charge on any atom is 0.333 e. The van der Waals surface area contributed by atoms with Crippen molar-refractivity contribution in [2.45, 2.75) is 111 Å². The van der Waals surface area contributed by atoms with Crippen molar-refractivity contribution in [1.82, 2.24) is 0 Å². The fourth-order valence-electron chi connectivity index (χ4n) is 6.61. The van der Waals surface area contributed by atoms with Crippen molar-refractivity contribution in [3.63, 3.8) is 0 Å². The first-order chi connectivity index (χ1) is 13.8. The third-order valence-corrected chi connectivity index (χ3v) is 8.81. The summed E-state index contributed by atoms with van der Waals surface area (Å²) in [6.45, 7) is 12.8. The Labute approximate surface area is 183 Å². The second-order valence-electron chi connectivity index (χ2n) is 11.2. The molecule has 174 valence electrons. The smallest absolute Gasteiger partial charge is 0.333 e. The van der Waals surface area contributed by atoms with Crippen LogP contribution in [0, 0.1) is 22.7 Å². The van der Waals surface area contributed by atoms with Gasteiger partial charge in [-0.3, -0.25) is 5.26 Å². The lowest BCUT2D eigenvalue weighted by Crippen LogP contribution is -2.62. The number of methoxy groups -OCH3 is 1. The first kappa shape index (κ1) is 25.4. The Morgan fingerprint density at radius 1 is 1.20 bits per heavy atom. The van der Waals surface area contributed by atoms with Crippen LogP contribution in [0.3, 0.4) is 0 Å². The normalized spacial score (nSPS) is 36.0. The second-order valence-corrected chi connectivity index (χ2v) is 11.2. The zero-order chi connectivity index (χ0) is 22.8. The van der Waals surface area contributed by atoms with E-state index in [0.717, 1.165) is 19.3 Å². The number of esters is 1. The molecule has 0 spiro atoms. The molecule has 0 heterocycles. The van der Waals surface area contributed by atoms with Gasteiger partial charge < -0.3 is 9.84 Å². The number of hydrogen-bond donors (Lipinski definition) is 2. The van der Waals surface area contributed by atoms with Crippen molar-refractivity contribution in [3.8, 4) is 0 Å². The minimum Gasteiger partial charge on any atom is -0.466 e. The summed E-state index contributed by atoms with van der Waals surface area (Å²) in [7, 11) is 1.37. The lowest BCUT2D eigenvalue weighted by Gasteiger charge is -2.63. The molecule has 0 saturated heterocycles. The highest BCUT2D eigenvalue weighted by Crippen LogP contribution is 2.63. The molecule has 2 aliphatic rings. The number of carbonyl (C=O) groups excluding carboxylic acids is 1. The Kier molecular flexibility index (Phi) is 7.86. The van der Waals surface area contributed by atoms with Crippen molar-refractivity contribution in [1.29, 1.82) is 0 Å². The van der Waals surface area contributed by atoms with E-state index in [2.05, 4.69) is 27.7 Å². The van der Waals surface area contributed by atoms with E-state index in [1.165, 1.54) is 20.0 Å². The summed E-state index contributed by atoms with van der Waals surface area (Å²) < 4.78 is 4.73. The molecule has 0 radical (unpaired) electrons. The Morgan fingerprint density at radius 2 is 1.87 bits per heavy atom. The molecule has 1 unspecified atom stereocenters. The predicted octanol–water partition coefficient (Wildman–Crippen LogP) is 5.91. The highest BCUT2D eigenvalue weighted by Gasteiger charge is 2.61. The molecule has 2 saturated carbocycles. The molecule has 30 heavy (non-hydrogen) atoms. The second kappa shape index (κ2) is 9.30. The molecule has 2 rings (SSSR count). The molecule has 0 amide bonds. The quantitative estimate of drug-likeness (QED) is 0.219. The molecule has 0 aliphatic heterocycles. The van der Waals surface area contributed by atoms with Gasteiger partial charge in [0, 0.05) is 5.57 Å². The van der Waals surface area contributed by atoms with Gasteiger partial charge in [-0.1, -0.05) is 40.2 Å². The minimum absolute atomic E-state index is 0.121. The maximum absolute atomic E-state index is 12.1. The van der Waals surface area contributed by atoms with Crippen LogP contribution >= 0.6 is 0 Å². The third-order valence-electron chi connectivity index (χ3n) is 8.81. The summed E-state index contributed by atoms with van der Waals surface area (Å²) in [5.41, 5.74) is -0.865. The summed E-state index contributed by atoms with van der Waals surface area (Å²) >= 11 is 0. The van der Waals surface area contributed by atoms with Gasteiger partial charge in [-0.15, -0.1) is 0 Å². The van der Waals surface area contributed by atoms with Gasteiger partial charge in [0.25, 0.3) is 0 Å². The summed E-state index contributed by atoms with van der Waals surface area (Å²) in [6, 6.07) is 0. The van der Waals surface area contributed by atoms with Crippen LogP contribution in [-0.2, 0) is 14.4 Å². The molecule has 0 aromatic heterocycles. The highest BCUT2D eigenvalue weighted by molar-refractivity contribution is 5.87. The van der Waals surface area contributed by atoms with Crippen LogP contribution in [0.15, 0.2) is 11.6 Å². The molecule has 2 aliphatic carbocycles. The van der Waals surface area contributed by atoms with E-state index in [1.54, 1.807) is 6.92 Å². The molecular weight excluding hydrogens is 380 g/mol. The van der Waals surface area contributed by atoms with Gasteiger partial charge in [0.15, 0.2) is 0 Å².